The molecule has 0 atom stereocenters. The molecule has 0 aliphatic heterocycles. The van der Waals surface area contributed by atoms with E-state index in [0.29, 0.717) is 5.41 Å². The van der Waals surface area contributed by atoms with Gasteiger partial charge in [0.05, 0.1) is 12.7 Å². The molecule has 0 spiro atoms. The highest BCUT2D eigenvalue weighted by molar-refractivity contribution is 4.87. The number of nitrogens with zero attached hydrogens (tertiary/aromatic N) is 1. The SMILES string of the molecule is CCCCCC(C)(C)CNCc1cnco1. The van der Waals surface area contributed by atoms with Crippen molar-refractivity contribution in [2.75, 3.05) is 6.54 Å². The summed E-state index contributed by atoms with van der Waals surface area (Å²) in [7, 11) is 0. The Balaban J connectivity index is 2.14. The largest absolute Gasteiger partial charge is 0.447 e. The van der Waals surface area contributed by atoms with Crippen LogP contribution >= 0.6 is 0 Å². The summed E-state index contributed by atoms with van der Waals surface area (Å²) in [5.74, 6) is 0.907. The van der Waals surface area contributed by atoms with Crippen LogP contribution in [0.3, 0.4) is 0 Å². The van der Waals surface area contributed by atoms with Gasteiger partial charge in [0.25, 0.3) is 0 Å². The Morgan fingerprint density at radius 2 is 2.19 bits per heavy atom. The van der Waals surface area contributed by atoms with Crippen LogP contribution in [0, 0.1) is 5.41 Å². The number of aromatic nitrogens is 1. The third-order valence-electron chi connectivity index (χ3n) is 2.84. The van der Waals surface area contributed by atoms with E-state index in [1.807, 2.05) is 0 Å². The topological polar surface area (TPSA) is 38.1 Å². The zero-order valence-electron chi connectivity index (χ0n) is 10.8. The van der Waals surface area contributed by atoms with Crippen LogP contribution < -0.4 is 5.32 Å². The van der Waals surface area contributed by atoms with Crippen LogP contribution in [0.15, 0.2) is 17.0 Å². The van der Waals surface area contributed by atoms with Crippen molar-refractivity contribution < 1.29 is 4.42 Å². The number of hydrogen-bond donors (Lipinski definition) is 1. The molecule has 1 heterocycles. The summed E-state index contributed by atoms with van der Waals surface area (Å²) < 4.78 is 5.17. The van der Waals surface area contributed by atoms with E-state index in [4.69, 9.17) is 4.42 Å². The fourth-order valence-corrected chi connectivity index (χ4v) is 1.80. The van der Waals surface area contributed by atoms with Gasteiger partial charge >= 0.3 is 0 Å². The minimum atomic E-state index is 0.370. The number of oxazole rings is 1. The van der Waals surface area contributed by atoms with E-state index >= 15 is 0 Å². The highest BCUT2D eigenvalue weighted by Gasteiger charge is 2.16. The van der Waals surface area contributed by atoms with Crippen molar-refractivity contribution in [2.45, 2.75) is 53.0 Å². The van der Waals surface area contributed by atoms with Gasteiger partial charge in [0, 0.05) is 6.54 Å². The maximum absolute atomic E-state index is 5.17. The first kappa shape index (κ1) is 13.2. The van der Waals surface area contributed by atoms with Crippen molar-refractivity contribution >= 4 is 0 Å². The highest BCUT2D eigenvalue weighted by atomic mass is 16.3. The molecule has 0 saturated heterocycles. The van der Waals surface area contributed by atoms with E-state index in [1.54, 1.807) is 6.20 Å². The van der Waals surface area contributed by atoms with Crippen LogP contribution in [-0.4, -0.2) is 11.5 Å². The van der Waals surface area contributed by atoms with Gasteiger partial charge in [-0.1, -0.05) is 40.0 Å². The van der Waals surface area contributed by atoms with Crippen LogP contribution in [0.5, 0.6) is 0 Å². The smallest absolute Gasteiger partial charge is 0.180 e. The van der Waals surface area contributed by atoms with Crippen LogP contribution in [0.1, 0.15) is 52.2 Å². The number of unbranched alkanes of at least 4 members (excludes halogenated alkanes) is 2. The molecule has 16 heavy (non-hydrogen) atoms. The Bertz CT molecular complexity index is 267. The maximum atomic E-state index is 5.17. The molecular weight excluding hydrogens is 200 g/mol. The van der Waals surface area contributed by atoms with Gasteiger partial charge in [-0.25, -0.2) is 4.98 Å². The second-order valence-electron chi connectivity index (χ2n) is 5.19. The van der Waals surface area contributed by atoms with Gasteiger partial charge in [-0.15, -0.1) is 0 Å². The van der Waals surface area contributed by atoms with Crippen molar-refractivity contribution in [3.63, 3.8) is 0 Å². The second-order valence-corrected chi connectivity index (χ2v) is 5.19. The summed E-state index contributed by atoms with van der Waals surface area (Å²) in [4.78, 5) is 3.89. The normalized spacial score (nSPS) is 11.9. The van der Waals surface area contributed by atoms with Gasteiger partial charge in [0.15, 0.2) is 6.39 Å². The average Bonchev–Trinajstić information content (AvgIpc) is 2.70. The minimum absolute atomic E-state index is 0.370. The average molecular weight is 224 g/mol. The molecule has 0 aliphatic carbocycles. The van der Waals surface area contributed by atoms with Gasteiger partial charge in [0.2, 0.25) is 0 Å². The molecule has 0 radical (unpaired) electrons. The van der Waals surface area contributed by atoms with Crippen molar-refractivity contribution in [1.82, 2.24) is 10.3 Å². The fourth-order valence-electron chi connectivity index (χ4n) is 1.80. The Hall–Kier alpha value is -0.830. The van der Waals surface area contributed by atoms with Gasteiger partial charge in [-0.05, 0) is 11.8 Å². The summed E-state index contributed by atoms with van der Waals surface area (Å²) in [6.07, 6.45) is 8.48. The molecule has 0 unspecified atom stereocenters. The molecule has 1 rings (SSSR count). The fraction of sp³-hybridized carbons (Fsp3) is 0.769. The Kier molecular flexibility index (Phi) is 5.53. The Morgan fingerprint density at radius 1 is 1.38 bits per heavy atom. The Labute approximate surface area is 98.6 Å². The van der Waals surface area contributed by atoms with E-state index in [-0.39, 0.29) is 0 Å². The molecule has 1 N–H and O–H groups in total. The predicted molar refractivity (Wildman–Crippen MR) is 66.1 cm³/mol. The zero-order chi connectivity index (χ0) is 11.9. The third kappa shape index (κ3) is 5.31. The van der Waals surface area contributed by atoms with Crippen LogP contribution in [0.4, 0.5) is 0 Å². The molecule has 1 aromatic heterocycles. The molecule has 0 fully saturated rings. The molecule has 0 aliphatic rings. The first-order valence-electron chi connectivity index (χ1n) is 6.22. The summed E-state index contributed by atoms with van der Waals surface area (Å²) in [6.45, 7) is 8.68. The van der Waals surface area contributed by atoms with E-state index < -0.39 is 0 Å². The van der Waals surface area contributed by atoms with E-state index in [2.05, 4.69) is 31.1 Å². The lowest BCUT2D eigenvalue weighted by Gasteiger charge is -2.24. The zero-order valence-corrected chi connectivity index (χ0v) is 10.8. The monoisotopic (exact) mass is 224 g/mol. The van der Waals surface area contributed by atoms with Crippen molar-refractivity contribution in [3.05, 3.63) is 18.4 Å². The van der Waals surface area contributed by atoms with Gasteiger partial charge in [0.1, 0.15) is 5.76 Å². The molecular formula is C13H24N2O. The summed E-state index contributed by atoms with van der Waals surface area (Å²) in [5, 5.41) is 3.42. The number of nitrogens with one attached hydrogen (secondary N) is 1. The van der Waals surface area contributed by atoms with E-state index in [0.717, 1.165) is 18.8 Å². The van der Waals surface area contributed by atoms with Gasteiger partial charge in [-0.3, -0.25) is 0 Å². The molecule has 3 nitrogen and oxygen atoms in total. The quantitative estimate of drug-likeness (QED) is 0.688. The number of hydrogen-bond acceptors (Lipinski definition) is 3. The van der Waals surface area contributed by atoms with Crippen LogP contribution in [0.2, 0.25) is 0 Å². The standard InChI is InChI=1S/C13H24N2O/c1-4-5-6-7-13(2,3)10-14-8-12-9-15-11-16-12/h9,11,14H,4-8,10H2,1-3H3. The lowest BCUT2D eigenvalue weighted by atomic mass is 9.87. The Morgan fingerprint density at radius 3 is 2.81 bits per heavy atom. The first-order valence-corrected chi connectivity index (χ1v) is 6.22. The molecule has 0 bridgehead atoms. The minimum Gasteiger partial charge on any atom is -0.447 e. The van der Waals surface area contributed by atoms with Crippen molar-refractivity contribution in [3.8, 4) is 0 Å². The van der Waals surface area contributed by atoms with Crippen molar-refractivity contribution in [1.29, 1.82) is 0 Å². The predicted octanol–water partition coefficient (Wildman–Crippen LogP) is 3.37. The summed E-state index contributed by atoms with van der Waals surface area (Å²) in [5.41, 5.74) is 0.370. The third-order valence-corrected chi connectivity index (χ3v) is 2.84. The van der Waals surface area contributed by atoms with Gasteiger partial charge < -0.3 is 9.73 Å². The molecule has 3 heteroatoms. The van der Waals surface area contributed by atoms with Crippen LogP contribution in [0.25, 0.3) is 0 Å². The first-order chi connectivity index (χ1) is 7.64. The lowest BCUT2D eigenvalue weighted by Crippen LogP contribution is -2.28. The summed E-state index contributed by atoms with van der Waals surface area (Å²) >= 11 is 0. The second kappa shape index (κ2) is 6.69. The number of rotatable bonds is 8. The highest BCUT2D eigenvalue weighted by Crippen LogP contribution is 2.22. The molecule has 0 amide bonds. The maximum Gasteiger partial charge on any atom is 0.180 e. The van der Waals surface area contributed by atoms with Crippen molar-refractivity contribution in [2.24, 2.45) is 5.41 Å². The van der Waals surface area contributed by atoms with E-state index in [1.165, 1.54) is 32.1 Å². The van der Waals surface area contributed by atoms with Gasteiger partial charge in [-0.2, -0.15) is 0 Å². The molecule has 92 valence electrons. The summed E-state index contributed by atoms with van der Waals surface area (Å²) in [6, 6.07) is 0. The lowest BCUT2D eigenvalue weighted by molar-refractivity contribution is 0.297. The van der Waals surface area contributed by atoms with E-state index in [9.17, 15) is 0 Å². The molecule has 0 aromatic carbocycles. The molecule has 0 saturated carbocycles. The van der Waals surface area contributed by atoms with Crippen LogP contribution in [-0.2, 0) is 6.54 Å². The molecule has 1 aromatic rings.